The number of imidazole rings is 1. The standard InChI is InChI=1S/C18H18N4O/c23-18(20-12-11-15-13-19-14-21-15)22(16-7-3-1-4-8-16)17-9-5-2-6-10-17/h1-10,13-14H,11-12H2,(H,19,21)(H,20,23). The van der Waals surface area contributed by atoms with Crippen LogP contribution in [0.25, 0.3) is 0 Å². The summed E-state index contributed by atoms with van der Waals surface area (Å²) < 4.78 is 0. The Hall–Kier alpha value is -3.08. The minimum absolute atomic E-state index is 0.151. The van der Waals surface area contributed by atoms with Crippen molar-refractivity contribution in [2.24, 2.45) is 0 Å². The van der Waals surface area contributed by atoms with E-state index in [1.54, 1.807) is 17.4 Å². The fourth-order valence-corrected chi connectivity index (χ4v) is 2.34. The first-order chi connectivity index (χ1) is 11.3. The molecule has 0 aliphatic rings. The number of benzene rings is 2. The number of H-pyrrole nitrogens is 1. The van der Waals surface area contributed by atoms with Gasteiger partial charge in [0.05, 0.1) is 17.7 Å². The predicted octanol–water partition coefficient (Wildman–Crippen LogP) is 3.50. The Kier molecular flexibility index (Phi) is 4.69. The number of carbonyl (C=O) groups is 1. The van der Waals surface area contributed by atoms with Gasteiger partial charge in [0.1, 0.15) is 0 Å². The van der Waals surface area contributed by atoms with E-state index >= 15 is 0 Å². The van der Waals surface area contributed by atoms with Crippen LogP contribution in [0.4, 0.5) is 16.2 Å². The van der Waals surface area contributed by atoms with Crippen molar-refractivity contribution in [3.05, 3.63) is 78.9 Å². The maximum absolute atomic E-state index is 12.7. The third kappa shape index (κ3) is 3.77. The first-order valence-electron chi connectivity index (χ1n) is 7.50. The molecule has 3 aromatic rings. The van der Waals surface area contributed by atoms with E-state index in [1.165, 1.54) is 0 Å². The average molecular weight is 306 g/mol. The molecule has 0 atom stereocenters. The van der Waals surface area contributed by atoms with Gasteiger partial charge in [-0.05, 0) is 24.3 Å². The van der Waals surface area contributed by atoms with Crippen molar-refractivity contribution < 1.29 is 4.79 Å². The number of aromatic nitrogens is 2. The van der Waals surface area contributed by atoms with Crippen LogP contribution >= 0.6 is 0 Å². The van der Waals surface area contributed by atoms with Crippen molar-refractivity contribution in [1.82, 2.24) is 15.3 Å². The normalized spacial score (nSPS) is 10.3. The Morgan fingerprint density at radius 3 is 2.13 bits per heavy atom. The SMILES string of the molecule is O=C(NCCc1cnc[nH]1)N(c1ccccc1)c1ccccc1. The number of nitrogens with zero attached hydrogens (tertiary/aromatic N) is 2. The summed E-state index contributed by atoms with van der Waals surface area (Å²) in [6, 6.07) is 19.1. The average Bonchev–Trinajstić information content (AvgIpc) is 3.10. The van der Waals surface area contributed by atoms with E-state index in [1.807, 2.05) is 60.7 Å². The van der Waals surface area contributed by atoms with E-state index in [0.717, 1.165) is 17.1 Å². The fraction of sp³-hybridized carbons (Fsp3) is 0.111. The summed E-state index contributed by atoms with van der Waals surface area (Å²) >= 11 is 0. The molecule has 0 radical (unpaired) electrons. The number of hydrogen-bond acceptors (Lipinski definition) is 2. The highest BCUT2D eigenvalue weighted by Gasteiger charge is 2.17. The summed E-state index contributed by atoms with van der Waals surface area (Å²) in [4.78, 5) is 21.3. The van der Waals surface area contributed by atoms with Gasteiger partial charge in [-0.25, -0.2) is 9.78 Å². The van der Waals surface area contributed by atoms with Gasteiger partial charge in [0.2, 0.25) is 0 Å². The molecule has 0 fully saturated rings. The number of anilines is 2. The monoisotopic (exact) mass is 306 g/mol. The van der Waals surface area contributed by atoms with Gasteiger partial charge in [-0.3, -0.25) is 4.90 Å². The van der Waals surface area contributed by atoms with Crippen LogP contribution < -0.4 is 10.2 Å². The molecule has 116 valence electrons. The summed E-state index contributed by atoms with van der Waals surface area (Å²) in [7, 11) is 0. The van der Waals surface area contributed by atoms with Crippen molar-refractivity contribution in [1.29, 1.82) is 0 Å². The number of amides is 2. The zero-order valence-electron chi connectivity index (χ0n) is 12.6. The van der Waals surface area contributed by atoms with Gasteiger partial charge in [0.25, 0.3) is 0 Å². The number of urea groups is 1. The molecule has 0 saturated heterocycles. The molecular weight excluding hydrogens is 288 g/mol. The van der Waals surface area contributed by atoms with Crippen molar-refractivity contribution in [2.45, 2.75) is 6.42 Å². The number of para-hydroxylation sites is 2. The van der Waals surface area contributed by atoms with Crippen molar-refractivity contribution in [3.63, 3.8) is 0 Å². The zero-order valence-corrected chi connectivity index (χ0v) is 12.6. The lowest BCUT2D eigenvalue weighted by molar-refractivity contribution is 0.248. The van der Waals surface area contributed by atoms with Crippen LogP contribution in [0.1, 0.15) is 5.69 Å². The van der Waals surface area contributed by atoms with Gasteiger partial charge in [-0.1, -0.05) is 36.4 Å². The molecule has 23 heavy (non-hydrogen) atoms. The lowest BCUT2D eigenvalue weighted by Gasteiger charge is -2.23. The first-order valence-corrected chi connectivity index (χ1v) is 7.50. The van der Waals surface area contributed by atoms with Crippen molar-refractivity contribution in [3.8, 4) is 0 Å². The molecule has 0 unspecified atom stereocenters. The van der Waals surface area contributed by atoms with Gasteiger partial charge in [0, 0.05) is 24.9 Å². The minimum Gasteiger partial charge on any atom is -0.348 e. The van der Waals surface area contributed by atoms with E-state index in [-0.39, 0.29) is 6.03 Å². The third-order valence-electron chi connectivity index (χ3n) is 3.46. The summed E-state index contributed by atoms with van der Waals surface area (Å²) in [5.41, 5.74) is 2.66. The summed E-state index contributed by atoms with van der Waals surface area (Å²) in [6.45, 7) is 0.539. The number of carbonyl (C=O) groups excluding carboxylic acids is 1. The second-order valence-electron chi connectivity index (χ2n) is 5.07. The van der Waals surface area contributed by atoms with E-state index in [0.29, 0.717) is 13.0 Å². The second-order valence-corrected chi connectivity index (χ2v) is 5.07. The van der Waals surface area contributed by atoms with Crippen molar-refractivity contribution >= 4 is 17.4 Å². The molecule has 5 heteroatoms. The third-order valence-corrected chi connectivity index (χ3v) is 3.46. The zero-order chi connectivity index (χ0) is 15.9. The van der Waals surface area contributed by atoms with Gasteiger partial charge >= 0.3 is 6.03 Å². The largest absolute Gasteiger partial charge is 0.348 e. The number of nitrogens with one attached hydrogen (secondary N) is 2. The summed E-state index contributed by atoms with van der Waals surface area (Å²) in [5.74, 6) is 0. The molecule has 2 N–H and O–H groups in total. The second kappa shape index (κ2) is 7.26. The number of hydrogen-bond donors (Lipinski definition) is 2. The Balaban J connectivity index is 1.74. The quantitative estimate of drug-likeness (QED) is 0.758. The van der Waals surface area contributed by atoms with E-state index < -0.39 is 0 Å². The number of rotatable bonds is 5. The molecule has 2 aromatic carbocycles. The van der Waals surface area contributed by atoms with Gasteiger partial charge < -0.3 is 10.3 Å². The van der Waals surface area contributed by atoms with Crippen LogP contribution in [0.2, 0.25) is 0 Å². The Bertz CT molecular complexity index is 687. The minimum atomic E-state index is -0.151. The molecule has 5 nitrogen and oxygen atoms in total. The van der Waals surface area contributed by atoms with Crippen LogP contribution in [-0.4, -0.2) is 22.5 Å². The molecule has 1 aromatic heterocycles. The highest BCUT2D eigenvalue weighted by atomic mass is 16.2. The molecule has 0 aliphatic heterocycles. The highest BCUT2D eigenvalue weighted by molar-refractivity contribution is 5.99. The van der Waals surface area contributed by atoms with Crippen LogP contribution in [0, 0.1) is 0 Å². The molecular formula is C18H18N4O. The van der Waals surface area contributed by atoms with E-state index in [4.69, 9.17) is 0 Å². The van der Waals surface area contributed by atoms with Crippen LogP contribution in [0.15, 0.2) is 73.2 Å². The van der Waals surface area contributed by atoms with Gasteiger partial charge in [-0.2, -0.15) is 0 Å². The molecule has 3 rings (SSSR count). The lowest BCUT2D eigenvalue weighted by atomic mass is 10.2. The van der Waals surface area contributed by atoms with Crippen LogP contribution in [0.5, 0.6) is 0 Å². The van der Waals surface area contributed by atoms with Crippen LogP contribution in [0.3, 0.4) is 0 Å². The topological polar surface area (TPSA) is 61.0 Å². The molecule has 0 saturated carbocycles. The Labute approximate surface area is 135 Å². The maximum Gasteiger partial charge on any atom is 0.326 e. The van der Waals surface area contributed by atoms with Crippen molar-refractivity contribution in [2.75, 3.05) is 11.4 Å². The van der Waals surface area contributed by atoms with E-state index in [2.05, 4.69) is 15.3 Å². The number of aromatic amines is 1. The predicted molar refractivity (Wildman–Crippen MR) is 90.7 cm³/mol. The summed E-state index contributed by atoms with van der Waals surface area (Å²) in [5, 5.41) is 2.96. The molecule has 2 amide bonds. The Morgan fingerprint density at radius 1 is 1.00 bits per heavy atom. The maximum atomic E-state index is 12.7. The van der Waals surface area contributed by atoms with Crippen LogP contribution in [-0.2, 0) is 6.42 Å². The van der Waals surface area contributed by atoms with Gasteiger partial charge in [0.15, 0.2) is 0 Å². The first kappa shape index (κ1) is 14.8. The summed E-state index contributed by atoms with van der Waals surface area (Å²) in [6.07, 6.45) is 4.11. The fourth-order valence-electron chi connectivity index (χ4n) is 2.34. The van der Waals surface area contributed by atoms with E-state index in [9.17, 15) is 4.79 Å². The molecule has 1 heterocycles. The molecule has 0 spiro atoms. The Morgan fingerprint density at radius 2 is 1.61 bits per heavy atom. The highest BCUT2D eigenvalue weighted by Crippen LogP contribution is 2.24. The smallest absolute Gasteiger partial charge is 0.326 e. The lowest BCUT2D eigenvalue weighted by Crippen LogP contribution is -2.37. The molecule has 0 bridgehead atoms. The van der Waals surface area contributed by atoms with Gasteiger partial charge in [-0.15, -0.1) is 0 Å². The molecule has 0 aliphatic carbocycles.